The minimum Gasteiger partial charge on any atom is -0.497 e. The number of hydrogen-bond donors (Lipinski definition) is 1. The smallest absolute Gasteiger partial charge is 0.327 e. The van der Waals surface area contributed by atoms with Gasteiger partial charge in [-0.2, -0.15) is 0 Å². The van der Waals surface area contributed by atoms with E-state index in [4.69, 9.17) is 9.47 Å². The van der Waals surface area contributed by atoms with Crippen LogP contribution in [0.3, 0.4) is 0 Å². The van der Waals surface area contributed by atoms with Gasteiger partial charge in [0.2, 0.25) is 0 Å². The van der Waals surface area contributed by atoms with E-state index in [1.165, 1.54) is 0 Å². The van der Waals surface area contributed by atoms with Crippen LogP contribution in [0, 0.1) is 0 Å². The van der Waals surface area contributed by atoms with Gasteiger partial charge in [-0.1, -0.05) is 12.1 Å². The molecular weight excluding hydrogens is 230 g/mol. The van der Waals surface area contributed by atoms with Crippen LogP contribution >= 0.6 is 0 Å². The van der Waals surface area contributed by atoms with Crippen LogP contribution in [0.5, 0.6) is 5.75 Å². The van der Waals surface area contributed by atoms with E-state index in [2.05, 4.69) is 5.32 Å². The molecule has 0 heterocycles. The molecule has 0 bridgehead atoms. The van der Waals surface area contributed by atoms with Crippen molar-refractivity contribution in [1.29, 1.82) is 0 Å². The van der Waals surface area contributed by atoms with Gasteiger partial charge in [-0.25, -0.2) is 4.79 Å². The molecule has 0 aliphatic heterocycles. The molecule has 4 heteroatoms. The summed E-state index contributed by atoms with van der Waals surface area (Å²) < 4.78 is 10.2. The molecule has 1 atom stereocenters. The maximum atomic E-state index is 11.9. The van der Waals surface area contributed by atoms with Gasteiger partial charge in [0.1, 0.15) is 11.8 Å². The summed E-state index contributed by atoms with van der Waals surface area (Å²) in [6.07, 6.45) is 2.26. The van der Waals surface area contributed by atoms with Gasteiger partial charge >= 0.3 is 5.97 Å². The van der Waals surface area contributed by atoms with Crippen LogP contribution in [0.4, 0.5) is 0 Å². The lowest BCUT2D eigenvalue weighted by atomic mass is 10.1. The Balaban J connectivity index is 2.12. The van der Waals surface area contributed by atoms with Crippen LogP contribution in [0.1, 0.15) is 31.4 Å². The second kappa shape index (κ2) is 5.87. The van der Waals surface area contributed by atoms with Crippen LogP contribution in [0.15, 0.2) is 24.3 Å². The summed E-state index contributed by atoms with van der Waals surface area (Å²) in [6, 6.07) is 7.59. The number of benzene rings is 1. The number of ether oxygens (including phenoxy) is 2. The van der Waals surface area contributed by atoms with Gasteiger partial charge in [-0.05, 0) is 37.5 Å². The molecule has 1 aliphatic rings. The average molecular weight is 249 g/mol. The molecule has 1 aliphatic carbocycles. The van der Waals surface area contributed by atoms with Crippen molar-refractivity contribution >= 4 is 5.97 Å². The maximum absolute atomic E-state index is 11.9. The minimum atomic E-state index is -0.372. The summed E-state index contributed by atoms with van der Waals surface area (Å²) in [7, 11) is 1.63. The lowest BCUT2D eigenvalue weighted by Gasteiger charge is -2.17. The van der Waals surface area contributed by atoms with E-state index in [0.29, 0.717) is 12.6 Å². The highest BCUT2D eigenvalue weighted by molar-refractivity contribution is 5.77. The van der Waals surface area contributed by atoms with Gasteiger partial charge in [0, 0.05) is 6.04 Å². The van der Waals surface area contributed by atoms with Crippen molar-refractivity contribution in [1.82, 2.24) is 5.32 Å². The fourth-order valence-electron chi connectivity index (χ4n) is 1.81. The second-order valence-corrected chi connectivity index (χ2v) is 4.40. The molecule has 0 aromatic heterocycles. The van der Waals surface area contributed by atoms with Crippen LogP contribution < -0.4 is 10.1 Å². The second-order valence-electron chi connectivity index (χ2n) is 4.40. The van der Waals surface area contributed by atoms with E-state index in [1.807, 2.05) is 31.2 Å². The van der Waals surface area contributed by atoms with Crippen molar-refractivity contribution in [3.05, 3.63) is 29.8 Å². The fourth-order valence-corrected chi connectivity index (χ4v) is 1.81. The van der Waals surface area contributed by atoms with E-state index < -0.39 is 0 Å². The highest BCUT2D eigenvalue weighted by atomic mass is 16.5. The summed E-state index contributed by atoms with van der Waals surface area (Å²) in [5.41, 5.74) is 0.918. The zero-order chi connectivity index (χ0) is 13.0. The summed E-state index contributed by atoms with van der Waals surface area (Å²) >= 11 is 0. The molecule has 4 nitrogen and oxygen atoms in total. The number of methoxy groups -OCH3 is 1. The van der Waals surface area contributed by atoms with Gasteiger partial charge in [0.25, 0.3) is 0 Å². The topological polar surface area (TPSA) is 47.6 Å². The quantitative estimate of drug-likeness (QED) is 0.784. The number of hydrogen-bond acceptors (Lipinski definition) is 4. The molecule has 1 fully saturated rings. The molecule has 1 aromatic rings. The predicted octanol–water partition coefficient (Wildman–Crippen LogP) is 2.05. The number of esters is 1. The first kappa shape index (κ1) is 12.9. The molecule has 2 rings (SSSR count). The lowest BCUT2D eigenvalue weighted by Crippen LogP contribution is -2.31. The highest BCUT2D eigenvalue weighted by Crippen LogP contribution is 2.26. The first-order valence-corrected chi connectivity index (χ1v) is 6.31. The van der Waals surface area contributed by atoms with Crippen molar-refractivity contribution < 1.29 is 14.3 Å². The van der Waals surface area contributed by atoms with Crippen LogP contribution in [0.2, 0.25) is 0 Å². The first-order chi connectivity index (χ1) is 8.74. The van der Waals surface area contributed by atoms with Gasteiger partial charge in [0.05, 0.1) is 13.7 Å². The number of rotatable bonds is 6. The molecule has 1 saturated carbocycles. The van der Waals surface area contributed by atoms with Crippen molar-refractivity contribution in [2.75, 3.05) is 13.7 Å². The molecule has 18 heavy (non-hydrogen) atoms. The monoisotopic (exact) mass is 249 g/mol. The van der Waals surface area contributed by atoms with Crippen LogP contribution in [0.25, 0.3) is 0 Å². The van der Waals surface area contributed by atoms with Crippen molar-refractivity contribution in [3.63, 3.8) is 0 Å². The van der Waals surface area contributed by atoms with Crippen molar-refractivity contribution in [3.8, 4) is 5.75 Å². The summed E-state index contributed by atoms with van der Waals surface area (Å²) in [6.45, 7) is 2.22. The summed E-state index contributed by atoms with van der Waals surface area (Å²) in [5.74, 6) is 0.572. The standard InChI is InChI=1S/C14H19NO3/c1-3-18-14(16)13(15-11-6-7-11)10-4-8-12(17-2)9-5-10/h4-5,8-9,11,13,15H,3,6-7H2,1-2H3. The number of nitrogens with one attached hydrogen (secondary N) is 1. The Kier molecular flexibility index (Phi) is 4.20. The average Bonchev–Trinajstić information content (AvgIpc) is 3.20. The number of carbonyl (C=O) groups is 1. The predicted molar refractivity (Wildman–Crippen MR) is 68.5 cm³/mol. The molecule has 0 saturated heterocycles. The third-order valence-corrected chi connectivity index (χ3v) is 2.95. The van der Waals surface area contributed by atoms with E-state index in [-0.39, 0.29) is 12.0 Å². The van der Waals surface area contributed by atoms with Crippen LogP contribution in [-0.4, -0.2) is 25.7 Å². The largest absolute Gasteiger partial charge is 0.497 e. The Bertz CT molecular complexity index is 398. The first-order valence-electron chi connectivity index (χ1n) is 6.31. The SMILES string of the molecule is CCOC(=O)C(NC1CC1)c1ccc(OC)cc1. The lowest BCUT2D eigenvalue weighted by molar-refractivity contribution is -0.145. The fraction of sp³-hybridized carbons (Fsp3) is 0.500. The molecule has 1 aromatic carbocycles. The van der Waals surface area contributed by atoms with Gasteiger partial charge < -0.3 is 9.47 Å². The van der Waals surface area contributed by atoms with E-state index in [1.54, 1.807) is 7.11 Å². The van der Waals surface area contributed by atoms with Crippen LogP contribution in [-0.2, 0) is 9.53 Å². The van der Waals surface area contributed by atoms with E-state index >= 15 is 0 Å². The molecule has 0 radical (unpaired) electrons. The van der Waals surface area contributed by atoms with Crippen molar-refractivity contribution in [2.24, 2.45) is 0 Å². The summed E-state index contributed by atoms with van der Waals surface area (Å²) in [4.78, 5) is 11.9. The molecular formula is C14H19NO3. The van der Waals surface area contributed by atoms with Gasteiger partial charge in [-0.15, -0.1) is 0 Å². The normalized spacial score (nSPS) is 16.1. The molecule has 98 valence electrons. The zero-order valence-electron chi connectivity index (χ0n) is 10.8. The maximum Gasteiger partial charge on any atom is 0.327 e. The zero-order valence-corrected chi connectivity index (χ0v) is 10.8. The number of carbonyl (C=O) groups excluding carboxylic acids is 1. The Morgan fingerprint density at radius 2 is 2.06 bits per heavy atom. The Morgan fingerprint density at radius 3 is 2.56 bits per heavy atom. The van der Waals surface area contributed by atoms with E-state index in [0.717, 1.165) is 24.2 Å². The molecule has 0 spiro atoms. The summed E-state index contributed by atoms with van der Waals surface area (Å²) in [5, 5.41) is 3.31. The molecule has 0 amide bonds. The third kappa shape index (κ3) is 3.23. The highest BCUT2D eigenvalue weighted by Gasteiger charge is 2.30. The Labute approximate surface area is 107 Å². The van der Waals surface area contributed by atoms with Gasteiger partial charge in [-0.3, -0.25) is 5.32 Å². The Hall–Kier alpha value is -1.55. The third-order valence-electron chi connectivity index (χ3n) is 2.95. The minimum absolute atomic E-state index is 0.213. The van der Waals surface area contributed by atoms with E-state index in [9.17, 15) is 4.79 Å². The van der Waals surface area contributed by atoms with Crippen molar-refractivity contribution in [2.45, 2.75) is 31.8 Å². The Morgan fingerprint density at radius 1 is 1.39 bits per heavy atom. The molecule has 1 N–H and O–H groups in total. The molecule has 1 unspecified atom stereocenters. The van der Waals surface area contributed by atoms with Gasteiger partial charge in [0.15, 0.2) is 0 Å².